The number of anilines is 2. The molecule has 1 aliphatic rings. The van der Waals surface area contributed by atoms with Crippen molar-refractivity contribution in [3.63, 3.8) is 0 Å². The second-order valence-electron chi connectivity index (χ2n) is 7.09. The van der Waals surface area contributed by atoms with Gasteiger partial charge in [-0.3, -0.25) is 0 Å². The first-order valence-electron chi connectivity index (χ1n) is 8.05. The molecule has 134 valence electrons. The number of nitrogen functional groups attached to an aromatic ring is 2. The second-order valence-corrected chi connectivity index (χ2v) is 7.09. The van der Waals surface area contributed by atoms with E-state index in [2.05, 4.69) is 9.97 Å². The monoisotopic (exact) mass is 355 g/mol. The minimum atomic E-state index is -0.838. The molecule has 3 rings (SSSR count). The number of nitrogens with two attached hydrogens (primary N) is 2. The maximum Gasteiger partial charge on any atom is 0.495 e. The zero-order valence-corrected chi connectivity index (χ0v) is 15.0. The maximum absolute atomic E-state index is 14.8. The van der Waals surface area contributed by atoms with Gasteiger partial charge in [-0.1, -0.05) is 12.1 Å². The van der Waals surface area contributed by atoms with Crippen LogP contribution in [0.2, 0.25) is 0 Å². The van der Waals surface area contributed by atoms with Crippen LogP contribution in [0.5, 0.6) is 0 Å². The van der Waals surface area contributed by atoms with Crippen LogP contribution >= 0.6 is 0 Å². The van der Waals surface area contributed by atoms with Gasteiger partial charge in [0.05, 0.1) is 16.9 Å². The van der Waals surface area contributed by atoms with E-state index in [1.807, 2.05) is 33.8 Å². The Hall–Kier alpha value is -2.70. The largest absolute Gasteiger partial charge is 0.495 e. The Morgan fingerprint density at radius 3 is 2.31 bits per heavy atom. The van der Waals surface area contributed by atoms with Crippen LogP contribution in [0.15, 0.2) is 18.2 Å². The van der Waals surface area contributed by atoms with Gasteiger partial charge < -0.3 is 20.8 Å². The Morgan fingerprint density at radius 2 is 1.73 bits per heavy atom. The Morgan fingerprint density at radius 1 is 1.12 bits per heavy atom. The average Bonchev–Trinajstić information content (AvgIpc) is 2.74. The molecule has 1 aromatic carbocycles. The summed E-state index contributed by atoms with van der Waals surface area (Å²) in [4.78, 5) is 7.82. The highest BCUT2D eigenvalue weighted by atomic mass is 19.1. The molecule has 2 aromatic rings. The van der Waals surface area contributed by atoms with Gasteiger partial charge in [0, 0.05) is 5.56 Å². The maximum atomic E-state index is 14.8. The summed E-state index contributed by atoms with van der Waals surface area (Å²) in [6.07, 6.45) is 0. The summed E-state index contributed by atoms with van der Waals surface area (Å²) in [6.45, 7) is 7.58. The molecular formula is C17H19BFN5O2. The number of benzene rings is 1. The van der Waals surface area contributed by atoms with Crippen molar-refractivity contribution >= 4 is 24.3 Å². The molecule has 1 aromatic heterocycles. The van der Waals surface area contributed by atoms with Crippen LogP contribution in [-0.4, -0.2) is 28.3 Å². The van der Waals surface area contributed by atoms with Crippen molar-refractivity contribution in [2.75, 3.05) is 11.5 Å². The summed E-state index contributed by atoms with van der Waals surface area (Å²) in [7, 11) is -0.838. The third-order valence-electron chi connectivity index (χ3n) is 4.86. The molecule has 0 amide bonds. The van der Waals surface area contributed by atoms with E-state index >= 15 is 0 Å². The molecule has 0 saturated carbocycles. The van der Waals surface area contributed by atoms with Crippen molar-refractivity contribution in [3.05, 3.63) is 29.6 Å². The van der Waals surface area contributed by atoms with Gasteiger partial charge in [0.25, 0.3) is 0 Å². The quantitative estimate of drug-likeness (QED) is 0.785. The van der Waals surface area contributed by atoms with Crippen molar-refractivity contribution in [1.29, 1.82) is 5.26 Å². The Balaban J connectivity index is 2.23. The number of hydrogen-bond acceptors (Lipinski definition) is 7. The predicted octanol–water partition coefficient (Wildman–Crippen LogP) is 1.62. The van der Waals surface area contributed by atoms with E-state index in [-0.39, 0.29) is 28.6 Å². The molecule has 0 bridgehead atoms. The Kier molecular flexibility index (Phi) is 4.13. The lowest BCUT2D eigenvalue weighted by atomic mass is 9.74. The number of hydrogen-bond donors (Lipinski definition) is 2. The van der Waals surface area contributed by atoms with E-state index in [4.69, 9.17) is 20.8 Å². The number of halogens is 1. The molecule has 1 aliphatic heterocycles. The number of aromatic nitrogens is 2. The molecule has 0 aliphatic carbocycles. The lowest BCUT2D eigenvalue weighted by Crippen LogP contribution is -2.41. The predicted molar refractivity (Wildman–Crippen MR) is 96.7 cm³/mol. The molecule has 7 nitrogen and oxygen atoms in total. The molecule has 0 spiro atoms. The zero-order chi connectivity index (χ0) is 19.3. The van der Waals surface area contributed by atoms with Gasteiger partial charge in [0.2, 0.25) is 5.95 Å². The summed E-state index contributed by atoms with van der Waals surface area (Å²) in [5.74, 6) is -0.857. The van der Waals surface area contributed by atoms with Crippen molar-refractivity contribution in [1.82, 2.24) is 9.97 Å². The molecule has 2 heterocycles. The minimum absolute atomic E-state index is 0.0142. The SMILES string of the molecule is CC1(C)OB(c2cccc(F)c2-c2nc(N)nc(N)c2C#N)OC1(C)C. The summed E-state index contributed by atoms with van der Waals surface area (Å²) in [5.41, 5.74) is 10.6. The summed E-state index contributed by atoms with van der Waals surface area (Å²) in [6, 6.07) is 6.38. The summed E-state index contributed by atoms with van der Waals surface area (Å²) < 4.78 is 26.8. The van der Waals surface area contributed by atoms with E-state index in [0.29, 0.717) is 5.46 Å². The summed E-state index contributed by atoms with van der Waals surface area (Å²) >= 11 is 0. The standard InChI is InChI=1S/C17H19BFN5O2/c1-16(2)17(3,4)26-18(25-16)10-6-5-7-11(19)12(10)13-9(8-20)14(21)24-15(22)23-13/h5-7H,1-4H3,(H4,21,22,23,24). The topological polar surface area (TPSA) is 120 Å². The minimum Gasteiger partial charge on any atom is -0.399 e. The lowest BCUT2D eigenvalue weighted by molar-refractivity contribution is 0.00578. The normalized spacial score (nSPS) is 17.9. The number of nitriles is 1. The van der Waals surface area contributed by atoms with Crippen molar-refractivity contribution in [2.45, 2.75) is 38.9 Å². The highest BCUT2D eigenvalue weighted by molar-refractivity contribution is 6.63. The fourth-order valence-corrected chi connectivity index (χ4v) is 2.74. The van der Waals surface area contributed by atoms with Gasteiger partial charge in [-0.05, 0) is 39.2 Å². The molecule has 1 fully saturated rings. The van der Waals surface area contributed by atoms with Gasteiger partial charge in [-0.2, -0.15) is 10.2 Å². The molecular weight excluding hydrogens is 336 g/mol. The Bertz CT molecular complexity index is 910. The van der Waals surface area contributed by atoms with Crippen LogP contribution in [0.1, 0.15) is 33.3 Å². The van der Waals surface area contributed by atoms with Gasteiger partial charge in [-0.25, -0.2) is 9.37 Å². The highest BCUT2D eigenvalue weighted by Gasteiger charge is 2.52. The molecule has 0 atom stereocenters. The third kappa shape index (κ3) is 2.77. The number of nitrogens with zero attached hydrogens (tertiary/aromatic N) is 3. The molecule has 0 radical (unpaired) electrons. The van der Waals surface area contributed by atoms with Gasteiger partial charge in [0.1, 0.15) is 23.3 Å². The first-order chi connectivity index (χ1) is 12.1. The molecule has 1 saturated heterocycles. The van der Waals surface area contributed by atoms with Crippen LogP contribution in [0.25, 0.3) is 11.3 Å². The van der Waals surface area contributed by atoms with Crippen molar-refractivity contribution < 1.29 is 13.7 Å². The molecule has 26 heavy (non-hydrogen) atoms. The fraction of sp³-hybridized carbons (Fsp3) is 0.353. The van der Waals surface area contributed by atoms with Crippen LogP contribution in [-0.2, 0) is 9.31 Å². The smallest absolute Gasteiger partial charge is 0.399 e. The van der Waals surface area contributed by atoms with Gasteiger partial charge in [0.15, 0.2) is 0 Å². The third-order valence-corrected chi connectivity index (χ3v) is 4.86. The first kappa shape index (κ1) is 18.1. The van der Waals surface area contributed by atoms with Gasteiger partial charge in [-0.15, -0.1) is 0 Å². The first-order valence-corrected chi connectivity index (χ1v) is 8.05. The van der Waals surface area contributed by atoms with Crippen LogP contribution in [0.4, 0.5) is 16.2 Å². The van der Waals surface area contributed by atoms with Crippen LogP contribution in [0.3, 0.4) is 0 Å². The van der Waals surface area contributed by atoms with E-state index in [1.165, 1.54) is 6.07 Å². The molecule has 4 N–H and O–H groups in total. The molecule has 9 heteroatoms. The lowest BCUT2D eigenvalue weighted by Gasteiger charge is -2.32. The average molecular weight is 355 g/mol. The highest BCUT2D eigenvalue weighted by Crippen LogP contribution is 2.38. The van der Waals surface area contributed by atoms with Crippen molar-refractivity contribution in [3.8, 4) is 17.3 Å². The molecule has 0 unspecified atom stereocenters. The van der Waals surface area contributed by atoms with E-state index in [1.54, 1.807) is 12.1 Å². The van der Waals surface area contributed by atoms with E-state index in [0.717, 1.165) is 0 Å². The fourth-order valence-electron chi connectivity index (χ4n) is 2.74. The van der Waals surface area contributed by atoms with E-state index < -0.39 is 24.1 Å². The van der Waals surface area contributed by atoms with Crippen molar-refractivity contribution in [2.24, 2.45) is 0 Å². The van der Waals surface area contributed by atoms with E-state index in [9.17, 15) is 9.65 Å². The zero-order valence-electron chi connectivity index (χ0n) is 15.0. The Labute approximate surface area is 151 Å². The van der Waals surface area contributed by atoms with Crippen LogP contribution in [0, 0.1) is 17.1 Å². The van der Waals surface area contributed by atoms with Crippen LogP contribution < -0.4 is 16.9 Å². The second kappa shape index (κ2) is 5.93. The van der Waals surface area contributed by atoms with Gasteiger partial charge >= 0.3 is 7.12 Å². The summed E-state index contributed by atoms with van der Waals surface area (Å²) in [5, 5.41) is 9.43. The number of rotatable bonds is 2.